The monoisotopic (exact) mass is 338 g/mol. The Morgan fingerprint density at radius 2 is 2.00 bits per heavy atom. The van der Waals surface area contributed by atoms with E-state index in [1.165, 1.54) is 23.1 Å². The molecule has 24 heavy (non-hydrogen) atoms. The van der Waals surface area contributed by atoms with Crippen molar-refractivity contribution in [3.63, 3.8) is 0 Å². The Hall–Kier alpha value is -2.28. The third-order valence-electron chi connectivity index (χ3n) is 4.35. The van der Waals surface area contributed by atoms with Gasteiger partial charge in [0.05, 0.1) is 23.3 Å². The number of aryl methyl sites for hydroxylation is 1. The molecule has 2 N–H and O–H groups in total. The van der Waals surface area contributed by atoms with Crippen LogP contribution in [0.15, 0.2) is 36.5 Å². The van der Waals surface area contributed by atoms with Gasteiger partial charge < -0.3 is 15.0 Å². The van der Waals surface area contributed by atoms with Crippen molar-refractivity contribution < 1.29 is 23.1 Å². The molecule has 1 amide bonds. The number of H-pyrrole nitrogens is 1. The van der Waals surface area contributed by atoms with Crippen molar-refractivity contribution in [3.05, 3.63) is 58.9 Å². The molecular weight excluding hydrogens is 321 g/mol. The van der Waals surface area contributed by atoms with Crippen molar-refractivity contribution in [2.75, 3.05) is 6.54 Å². The summed E-state index contributed by atoms with van der Waals surface area (Å²) in [6, 6.07) is 5.99. The molecule has 0 aliphatic carbocycles. The number of aliphatic hydroxyl groups is 1. The van der Waals surface area contributed by atoms with Crippen molar-refractivity contribution >= 4 is 5.91 Å². The minimum Gasteiger partial charge on any atom is -0.391 e. The van der Waals surface area contributed by atoms with Crippen LogP contribution in [0.2, 0.25) is 0 Å². The molecule has 1 saturated heterocycles. The topological polar surface area (TPSA) is 56.3 Å². The Labute approximate surface area is 136 Å². The lowest BCUT2D eigenvalue weighted by molar-refractivity contribution is -0.138. The van der Waals surface area contributed by atoms with Crippen LogP contribution in [0.4, 0.5) is 13.2 Å². The highest BCUT2D eigenvalue weighted by atomic mass is 19.4. The number of carbonyl (C=O) groups is 1. The quantitative estimate of drug-likeness (QED) is 0.883. The highest BCUT2D eigenvalue weighted by Crippen LogP contribution is 2.41. The van der Waals surface area contributed by atoms with Crippen LogP contribution in [-0.4, -0.2) is 33.5 Å². The smallest absolute Gasteiger partial charge is 0.391 e. The normalized spacial score (nSPS) is 21.3. The first-order valence-electron chi connectivity index (χ1n) is 7.58. The van der Waals surface area contributed by atoms with Crippen LogP contribution < -0.4 is 0 Å². The maximum Gasteiger partial charge on any atom is 0.416 e. The Balaban J connectivity index is 2.01. The van der Waals surface area contributed by atoms with Gasteiger partial charge in [-0.1, -0.05) is 18.2 Å². The van der Waals surface area contributed by atoms with Gasteiger partial charge in [0, 0.05) is 18.4 Å². The first-order valence-corrected chi connectivity index (χ1v) is 7.58. The minimum atomic E-state index is -4.51. The summed E-state index contributed by atoms with van der Waals surface area (Å²) < 4.78 is 39.9. The van der Waals surface area contributed by atoms with Gasteiger partial charge in [0.1, 0.15) is 0 Å². The number of halogens is 3. The molecular formula is C17H17F3N2O2. The van der Waals surface area contributed by atoms with Crippen LogP contribution in [0.1, 0.15) is 39.6 Å². The maximum atomic E-state index is 13.3. The lowest BCUT2D eigenvalue weighted by Crippen LogP contribution is -2.32. The van der Waals surface area contributed by atoms with Crippen LogP contribution >= 0.6 is 0 Å². The van der Waals surface area contributed by atoms with E-state index in [2.05, 4.69) is 4.98 Å². The molecule has 128 valence electrons. The number of amides is 1. The van der Waals surface area contributed by atoms with E-state index < -0.39 is 23.9 Å². The molecule has 1 aliphatic rings. The van der Waals surface area contributed by atoms with Crippen LogP contribution in [0.5, 0.6) is 0 Å². The lowest BCUT2D eigenvalue weighted by atomic mass is 9.97. The molecule has 2 aromatic rings. The number of likely N-dealkylation sites (tertiary alicyclic amines) is 1. The van der Waals surface area contributed by atoms with Gasteiger partial charge in [-0.2, -0.15) is 13.2 Å². The van der Waals surface area contributed by atoms with Crippen molar-refractivity contribution in [3.8, 4) is 0 Å². The van der Waals surface area contributed by atoms with E-state index in [-0.39, 0.29) is 24.4 Å². The zero-order valence-corrected chi connectivity index (χ0v) is 13.0. The van der Waals surface area contributed by atoms with Gasteiger partial charge in [-0.25, -0.2) is 0 Å². The summed E-state index contributed by atoms with van der Waals surface area (Å²) >= 11 is 0. The zero-order valence-electron chi connectivity index (χ0n) is 13.0. The van der Waals surface area contributed by atoms with Gasteiger partial charge in [-0.05, 0) is 31.0 Å². The molecule has 1 aromatic carbocycles. The number of nitrogens with zero attached hydrogens (tertiary/aromatic N) is 1. The van der Waals surface area contributed by atoms with Crippen molar-refractivity contribution in [2.45, 2.75) is 31.7 Å². The van der Waals surface area contributed by atoms with Crippen molar-refractivity contribution in [2.24, 2.45) is 0 Å². The van der Waals surface area contributed by atoms with Gasteiger partial charge in [0.2, 0.25) is 0 Å². The third kappa shape index (κ3) is 2.91. The summed E-state index contributed by atoms with van der Waals surface area (Å²) in [7, 11) is 0. The molecule has 0 radical (unpaired) electrons. The van der Waals surface area contributed by atoms with Crippen molar-refractivity contribution in [1.29, 1.82) is 0 Å². The van der Waals surface area contributed by atoms with E-state index in [1.54, 1.807) is 19.2 Å². The number of aromatic nitrogens is 1. The van der Waals surface area contributed by atoms with E-state index in [0.29, 0.717) is 11.3 Å². The predicted octanol–water partition coefficient (Wildman–Crippen LogP) is 3.29. The second-order valence-corrected chi connectivity index (χ2v) is 5.96. The predicted molar refractivity (Wildman–Crippen MR) is 81.4 cm³/mol. The summed E-state index contributed by atoms with van der Waals surface area (Å²) in [4.78, 5) is 16.9. The van der Waals surface area contributed by atoms with E-state index >= 15 is 0 Å². The largest absolute Gasteiger partial charge is 0.416 e. The van der Waals surface area contributed by atoms with Gasteiger partial charge in [-0.3, -0.25) is 4.79 Å². The summed E-state index contributed by atoms with van der Waals surface area (Å²) in [6.45, 7) is 1.73. The van der Waals surface area contributed by atoms with E-state index in [9.17, 15) is 23.1 Å². The van der Waals surface area contributed by atoms with Crippen LogP contribution in [-0.2, 0) is 6.18 Å². The number of alkyl halides is 3. The molecule has 3 rings (SSSR count). The number of nitrogens with one attached hydrogen (secondary N) is 1. The molecule has 0 saturated carbocycles. The van der Waals surface area contributed by atoms with Crippen LogP contribution in [0.3, 0.4) is 0 Å². The number of hydrogen-bond acceptors (Lipinski definition) is 2. The minimum absolute atomic E-state index is 0.0142. The number of β-amino-alcohol motifs (C(OH)–C–C–N with tert-alkyl or cyclic N) is 1. The fourth-order valence-electron chi connectivity index (χ4n) is 3.22. The fourth-order valence-corrected chi connectivity index (χ4v) is 3.22. The first-order chi connectivity index (χ1) is 11.3. The SMILES string of the molecule is Cc1[nH]ccc1C(=O)N1C[C@@H](O)C[C@@H]1c1ccccc1C(F)(F)F. The zero-order chi connectivity index (χ0) is 17.5. The summed E-state index contributed by atoms with van der Waals surface area (Å²) in [6.07, 6.45) is -3.67. The molecule has 2 heterocycles. The summed E-state index contributed by atoms with van der Waals surface area (Å²) in [5, 5.41) is 9.96. The third-order valence-corrected chi connectivity index (χ3v) is 4.35. The molecule has 7 heteroatoms. The molecule has 1 aliphatic heterocycles. The van der Waals surface area contributed by atoms with Gasteiger partial charge in [-0.15, -0.1) is 0 Å². The van der Waals surface area contributed by atoms with Gasteiger partial charge in [0.15, 0.2) is 0 Å². The lowest BCUT2D eigenvalue weighted by Gasteiger charge is -2.27. The van der Waals surface area contributed by atoms with E-state index in [4.69, 9.17) is 0 Å². The van der Waals surface area contributed by atoms with Crippen molar-refractivity contribution in [1.82, 2.24) is 9.88 Å². The summed E-state index contributed by atoms with van der Waals surface area (Å²) in [5.74, 6) is -0.382. The molecule has 1 aromatic heterocycles. The van der Waals surface area contributed by atoms with Crippen LogP contribution in [0.25, 0.3) is 0 Å². The van der Waals surface area contributed by atoms with Gasteiger partial charge >= 0.3 is 6.18 Å². The van der Waals surface area contributed by atoms with E-state index in [1.807, 2.05) is 0 Å². The number of rotatable bonds is 2. The molecule has 2 atom stereocenters. The molecule has 1 fully saturated rings. The molecule has 4 nitrogen and oxygen atoms in total. The van der Waals surface area contributed by atoms with E-state index in [0.717, 1.165) is 6.07 Å². The second-order valence-electron chi connectivity index (χ2n) is 5.96. The average Bonchev–Trinajstić information content (AvgIpc) is 3.11. The summed E-state index contributed by atoms with van der Waals surface area (Å²) in [5.41, 5.74) is 0.290. The Bertz CT molecular complexity index is 754. The fraction of sp³-hybridized carbons (Fsp3) is 0.353. The molecule has 0 spiro atoms. The first kappa shape index (κ1) is 16.6. The Morgan fingerprint density at radius 3 is 2.62 bits per heavy atom. The average molecular weight is 338 g/mol. The van der Waals surface area contributed by atoms with Crippen LogP contribution in [0, 0.1) is 6.92 Å². The highest BCUT2D eigenvalue weighted by Gasteiger charge is 2.41. The standard InChI is InChI=1S/C17H17F3N2O2/c1-10-12(6-7-21-10)16(24)22-9-11(23)8-15(22)13-4-2-3-5-14(13)17(18,19)20/h2-7,11,15,21,23H,8-9H2,1H3/t11-,15+/m0/s1. The second kappa shape index (κ2) is 5.98. The number of aromatic amines is 1. The molecule has 0 unspecified atom stereocenters. The maximum absolute atomic E-state index is 13.3. The number of carbonyl (C=O) groups excluding carboxylic acids is 1. The Morgan fingerprint density at radius 1 is 1.29 bits per heavy atom. The molecule has 0 bridgehead atoms. The highest BCUT2D eigenvalue weighted by molar-refractivity contribution is 5.95. The number of hydrogen-bond donors (Lipinski definition) is 2. The number of aliphatic hydroxyl groups excluding tert-OH is 1. The van der Waals surface area contributed by atoms with Gasteiger partial charge in [0.25, 0.3) is 5.91 Å². The number of benzene rings is 1. The Kier molecular flexibility index (Phi) is 4.13.